The highest BCUT2D eigenvalue weighted by atomic mass is 32.1. The van der Waals surface area contributed by atoms with Crippen LogP contribution >= 0.6 is 22.7 Å². The molecule has 18 heavy (non-hydrogen) atoms. The van der Waals surface area contributed by atoms with Gasteiger partial charge < -0.3 is 5.73 Å². The summed E-state index contributed by atoms with van der Waals surface area (Å²) in [5, 5.41) is 2.21. The van der Waals surface area contributed by atoms with Gasteiger partial charge in [-0.15, -0.1) is 22.7 Å². The second-order valence-corrected chi connectivity index (χ2v) is 6.64. The van der Waals surface area contributed by atoms with Crippen molar-refractivity contribution in [1.82, 2.24) is 0 Å². The molecule has 2 rings (SSSR count). The first-order valence-electron chi connectivity index (χ1n) is 6.70. The van der Waals surface area contributed by atoms with Crippen LogP contribution in [0, 0.1) is 0 Å². The number of aryl methyl sites for hydroxylation is 1. The Kier molecular flexibility index (Phi) is 5.42. The van der Waals surface area contributed by atoms with Crippen LogP contribution < -0.4 is 5.73 Å². The van der Waals surface area contributed by atoms with Crippen LogP contribution in [-0.2, 0) is 13.0 Å². The zero-order chi connectivity index (χ0) is 12.8. The molecule has 0 aliphatic heterocycles. The Morgan fingerprint density at radius 2 is 2.00 bits per heavy atom. The second kappa shape index (κ2) is 7.07. The molecule has 0 bridgehead atoms. The molecule has 2 heterocycles. The minimum absolute atomic E-state index is 0.655. The molecule has 0 fully saturated rings. The quantitative estimate of drug-likeness (QED) is 0.704. The van der Waals surface area contributed by atoms with Gasteiger partial charge in [-0.2, -0.15) is 0 Å². The first-order chi connectivity index (χ1) is 8.85. The summed E-state index contributed by atoms with van der Waals surface area (Å²) in [6.45, 7) is 2.91. The molecular weight excluding hydrogens is 258 g/mol. The fourth-order valence-electron chi connectivity index (χ4n) is 2.10. The molecule has 2 N–H and O–H groups in total. The number of rotatable bonds is 7. The largest absolute Gasteiger partial charge is 0.326 e. The summed E-state index contributed by atoms with van der Waals surface area (Å²) >= 11 is 3.69. The topological polar surface area (TPSA) is 26.0 Å². The Bertz CT molecular complexity index is 470. The Hall–Kier alpha value is -0.640. The molecule has 0 radical (unpaired) electrons. The predicted octanol–water partition coefficient (Wildman–Crippen LogP) is 5.06. The van der Waals surface area contributed by atoms with E-state index in [2.05, 4.69) is 30.5 Å². The molecule has 0 aliphatic rings. The zero-order valence-corrected chi connectivity index (χ0v) is 12.6. The highest BCUT2D eigenvalue weighted by molar-refractivity contribution is 7.21. The lowest BCUT2D eigenvalue weighted by atomic mass is 10.1. The molecule has 0 saturated heterocycles. The fourth-order valence-corrected chi connectivity index (χ4v) is 4.11. The minimum atomic E-state index is 0.655. The van der Waals surface area contributed by atoms with E-state index in [1.807, 2.05) is 22.7 Å². The van der Waals surface area contributed by atoms with Crippen molar-refractivity contribution in [2.24, 2.45) is 5.73 Å². The number of thiophene rings is 2. The third-order valence-corrected chi connectivity index (χ3v) is 5.38. The van der Waals surface area contributed by atoms with Gasteiger partial charge >= 0.3 is 0 Å². The summed E-state index contributed by atoms with van der Waals surface area (Å²) in [5.41, 5.74) is 7.20. The molecule has 0 spiro atoms. The summed E-state index contributed by atoms with van der Waals surface area (Å²) in [6, 6.07) is 6.66. The zero-order valence-electron chi connectivity index (χ0n) is 10.9. The summed E-state index contributed by atoms with van der Waals surface area (Å²) in [7, 11) is 0. The summed E-state index contributed by atoms with van der Waals surface area (Å²) in [5.74, 6) is 0. The molecule has 0 saturated carbocycles. The normalized spacial score (nSPS) is 11.0. The SMILES string of the molecule is CCCCCCc1ccsc1-c1ccc(CN)s1. The Morgan fingerprint density at radius 1 is 1.11 bits per heavy atom. The van der Waals surface area contributed by atoms with E-state index in [0.717, 1.165) is 0 Å². The summed E-state index contributed by atoms with van der Waals surface area (Å²) in [6.07, 6.45) is 6.54. The maximum atomic E-state index is 5.68. The van der Waals surface area contributed by atoms with Gasteiger partial charge in [0.15, 0.2) is 0 Å². The van der Waals surface area contributed by atoms with Crippen molar-refractivity contribution in [2.75, 3.05) is 0 Å². The molecule has 3 heteroatoms. The second-order valence-electron chi connectivity index (χ2n) is 4.56. The Morgan fingerprint density at radius 3 is 2.72 bits per heavy atom. The van der Waals surface area contributed by atoms with Crippen molar-refractivity contribution < 1.29 is 0 Å². The van der Waals surface area contributed by atoms with Crippen LogP contribution in [0.1, 0.15) is 43.0 Å². The Balaban J connectivity index is 2.02. The molecule has 2 aromatic rings. The average Bonchev–Trinajstić information content (AvgIpc) is 3.02. The fraction of sp³-hybridized carbons (Fsp3) is 0.467. The third-order valence-electron chi connectivity index (χ3n) is 3.13. The molecule has 1 nitrogen and oxygen atoms in total. The van der Waals surface area contributed by atoms with Crippen molar-refractivity contribution in [3.8, 4) is 9.75 Å². The number of hydrogen-bond donors (Lipinski definition) is 1. The van der Waals surface area contributed by atoms with Crippen LogP contribution in [0.4, 0.5) is 0 Å². The summed E-state index contributed by atoms with van der Waals surface area (Å²) < 4.78 is 0. The van der Waals surface area contributed by atoms with E-state index in [0.29, 0.717) is 6.54 Å². The number of hydrogen-bond acceptors (Lipinski definition) is 3. The first kappa shape index (κ1) is 13.8. The Labute approximate surface area is 118 Å². The first-order valence-corrected chi connectivity index (χ1v) is 8.40. The van der Waals surface area contributed by atoms with Crippen molar-refractivity contribution in [3.63, 3.8) is 0 Å². The monoisotopic (exact) mass is 279 g/mol. The minimum Gasteiger partial charge on any atom is -0.326 e. The maximum absolute atomic E-state index is 5.68. The van der Waals surface area contributed by atoms with E-state index in [-0.39, 0.29) is 0 Å². The molecular formula is C15H21NS2. The predicted molar refractivity (Wildman–Crippen MR) is 83.4 cm³/mol. The van der Waals surface area contributed by atoms with Crippen LogP contribution in [0.3, 0.4) is 0 Å². The van der Waals surface area contributed by atoms with Crippen LogP contribution in [0.2, 0.25) is 0 Å². The van der Waals surface area contributed by atoms with E-state index < -0.39 is 0 Å². The van der Waals surface area contributed by atoms with Crippen molar-refractivity contribution in [1.29, 1.82) is 0 Å². The lowest BCUT2D eigenvalue weighted by Crippen LogP contribution is -1.91. The van der Waals surface area contributed by atoms with Gasteiger partial charge in [0, 0.05) is 21.2 Å². The van der Waals surface area contributed by atoms with Crippen molar-refractivity contribution in [3.05, 3.63) is 34.0 Å². The molecule has 0 aliphatic carbocycles. The number of nitrogens with two attached hydrogens (primary N) is 1. The lowest BCUT2D eigenvalue weighted by Gasteiger charge is -2.02. The standard InChI is InChI=1S/C15H21NS2/c1-2-3-4-5-6-12-9-10-17-15(12)14-8-7-13(11-16)18-14/h7-10H,2-6,11,16H2,1H3. The molecule has 0 unspecified atom stereocenters. The molecule has 0 amide bonds. The van der Waals surface area contributed by atoms with Crippen LogP contribution in [0.25, 0.3) is 9.75 Å². The average molecular weight is 279 g/mol. The van der Waals surface area contributed by atoms with Gasteiger partial charge in [-0.05, 0) is 42.0 Å². The van der Waals surface area contributed by atoms with Gasteiger partial charge in [-0.3, -0.25) is 0 Å². The smallest absolute Gasteiger partial charge is 0.0474 e. The molecule has 0 aromatic carbocycles. The molecule has 98 valence electrons. The van der Waals surface area contributed by atoms with E-state index in [1.165, 1.54) is 52.3 Å². The van der Waals surface area contributed by atoms with E-state index in [9.17, 15) is 0 Å². The highest BCUT2D eigenvalue weighted by Gasteiger charge is 2.09. The van der Waals surface area contributed by atoms with Gasteiger partial charge in [-0.1, -0.05) is 26.2 Å². The van der Waals surface area contributed by atoms with Gasteiger partial charge in [-0.25, -0.2) is 0 Å². The number of unbranched alkanes of at least 4 members (excludes halogenated alkanes) is 3. The van der Waals surface area contributed by atoms with Crippen molar-refractivity contribution >= 4 is 22.7 Å². The van der Waals surface area contributed by atoms with E-state index in [1.54, 1.807) is 0 Å². The van der Waals surface area contributed by atoms with Gasteiger partial charge in [0.05, 0.1) is 0 Å². The third kappa shape index (κ3) is 3.44. The van der Waals surface area contributed by atoms with Crippen LogP contribution in [-0.4, -0.2) is 0 Å². The lowest BCUT2D eigenvalue weighted by molar-refractivity contribution is 0.668. The summed E-state index contributed by atoms with van der Waals surface area (Å²) in [4.78, 5) is 4.11. The molecule has 2 aromatic heterocycles. The van der Waals surface area contributed by atoms with Gasteiger partial charge in [0.2, 0.25) is 0 Å². The van der Waals surface area contributed by atoms with Gasteiger partial charge in [0.1, 0.15) is 0 Å². The van der Waals surface area contributed by atoms with Gasteiger partial charge in [0.25, 0.3) is 0 Å². The maximum Gasteiger partial charge on any atom is 0.0474 e. The van der Waals surface area contributed by atoms with Crippen LogP contribution in [0.5, 0.6) is 0 Å². The van der Waals surface area contributed by atoms with E-state index in [4.69, 9.17) is 5.73 Å². The van der Waals surface area contributed by atoms with E-state index >= 15 is 0 Å². The van der Waals surface area contributed by atoms with Crippen molar-refractivity contribution in [2.45, 2.75) is 45.6 Å². The highest BCUT2D eigenvalue weighted by Crippen LogP contribution is 2.35. The van der Waals surface area contributed by atoms with Crippen LogP contribution in [0.15, 0.2) is 23.6 Å². The molecule has 0 atom stereocenters.